The van der Waals surface area contributed by atoms with Crippen molar-refractivity contribution in [3.8, 4) is 5.75 Å². The number of hydrogen-bond donors (Lipinski definition) is 0. The first-order valence-electron chi connectivity index (χ1n) is 15.9. The average Bonchev–Trinajstić information content (AvgIpc) is 3.41. The molecule has 47 heavy (non-hydrogen) atoms. The summed E-state index contributed by atoms with van der Waals surface area (Å²) in [7, 11) is -2.13. The fraction of sp³-hybridized carbons (Fsp3) is 0.171. The maximum absolute atomic E-state index is 7.44. The van der Waals surface area contributed by atoms with Crippen LogP contribution in [0.5, 0.6) is 5.75 Å². The maximum Gasteiger partial charge on any atom is 0.399 e. The van der Waals surface area contributed by atoms with Crippen LogP contribution in [0.1, 0.15) is 36.1 Å². The van der Waals surface area contributed by atoms with Crippen molar-refractivity contribution in [3.63, 3.8) is 0 Å². The van der Waals surface area contributed by atoms with Crippen molar-refractivity contribution in [1.82, 2.24) is 0 Å². The van der Waals surface area contributed by atoms with Crippen LogP contribution < -0.4 is 4.52 Å². The van der Waals surface area contributed by atoms with Gasteiger partial charge in [-0.15, -0.1) is 0 Å². The molecule has 8 rings (SSSR count). The highest BCUT2D eigenvalue weighted by atomic mass is 31.2. The Morgan fingerprint density at radius 2 is 0.851 bits per heavy atom. The lowest BCUT2D eigenvalue weighted by Gasteiger charge is -2.41. The third-order valence-electron chi connectivity index (χ3n) is 9.07. The van der Waals surface area contributed by atoms with E-state index < -0.39 is 37.8 Å². The first-order chi connectivity index (χ1) is 23.0. The summed E-state index contributed by atoms with van der Waals surface area (Å²) in [6.07, 6.45) is -1.32. The van der Waals surface area contributed by atoms with Crippen LogP contribution in [-0.2, 0) is 29.7 Å². The molecule has 0 amide bonds. The van der Waals surface area contributed by atoms with E-state index in [4.69, 9.17) is 23.0 Å². The summed E-state index contributed by atoms with van der Waals surface area (Å²) in [6.45, 7) is 3.91. The molecule has 6 heteroatoms. The zero-order valence-corrected chi connectivity index (χ0v) is 27.1. The van der Waals surface area contributed by atoms with Crippen molar-refractivity contribution in [3.05, 3.63) is 186 Å². The molecule has 6 aromatic carbocycles. The largest absolute Gasteiger partial charge is 0.426 e. The van der Waals surface area contributed by atoms with Gasteiger partial charge in [0.25, 0.3) is 0 Å². The minimum Gasteiger partial charge on any atom is -0.426 e. The quantitative estimate of drug-likeness (QED) is 0.170. The highest BCUT2D eigenvalue weighted by molar-refractivity contribution is 7.42. The third-order valence-corrected chi connectivity index (χ3v) is 10.3. The van der Waals surface area contributed by atoms with E-state index in [0.717, 1.165) is 33.0 Å². The molecule has 2 aliphatic rings. The lowest BCUT2D eigenvalue weighted by atomic mass is 9.72. The fourth-order valence-electron chi connectivity index (χ4n) is 7.05. The molecule has 2 saturated heterocycles. The topological polar surface area (TPSA) is 46.2 Å². The molecule has 0 N–H and O–H groups in total. The van der Waals surface area contributed by atoms with Crippen LogP contribution in [0.3, 0.4) is 0 Å². The van der Waals surface area contributed by atoms with Gasteiger partial charge in [-0.1, -0.05) is 158 Å². The molecular weight excluding hydrogens is 603 g/mol. The van der Waals surface area contributed by atoms with E-state index in [1.807, 2.05) is 111 Å². The Labute approximate surface area is 276 Å². The van der Waals surface area contributed by atoms with Crippen molar-refractivity contribution in [2.45, 2.75) is 43.0 Å². The van der Waals surface area contributed by atoms with Crippen molar-refractivity contribution in [1.29, 1.82) is 0 Å². The lowest BCUT2D eigenvalue weighted by Crippen LogP contribution is -2.53. The molecule has 2 heterocycles. The molecular formula is C41H35O5P. The zero-order chi connectivity index (χ0) is 31.9. The molecule has 0 aliphatic carbocycles. The molecule has 0 unspecified atom stereocenters. The van der Waals surface area contributed by atoms with Crippen molar-refractivity contribution in [2.24, 2.45) is 0 Å². The van der Waals surface area contributed by atoms with Gasteiger partial charge in [0, 0.05) is 5.39 Å². The monoisotopic (exact) mass is 638 g/mol. The predicted molar refractivity (Wildman–Crippen MR) is 185 cm³/mol. The number of benzene rings is 6. The molecule has 5 nitrogen and oxygen atoms in total. The Hall–Kier alpha value is -4.35. The van der Waals surface area contributed by atoms with E-state index in [1.54, 1.807) is 0 Å². The Bertz CT molecular complexity index is 1780. The Morgan fingerprint density at radius 1 is 0.468 bits per heavy atom. The van der Waals surface area contributed by atoms with Gasteiger partial charge in [0.2, 0.25) is 0 Å². The van der Waals surface area contributed by atoms with Crippen LogP contribution in [0.25, 0.3) is 10.8 Å². The molecule has 0 aromatic heterocycles. The summed E-state index contributed by atoms with van der Waals surface area (Å²) in [4.78, 5) is 0. The van der Waals surface area contributed by atoms with Gasteiger partial charge in [0.1, 0.15) is 18.0 Å². The summed E-state index contributed by atoms with van der Waals surface area (Å²) in [5.41, 5.74) is 1.30. The average molecular weight is 639 g/mol. The van der Waals surface area contributed by atoms with Crippen molar-refractivity contribution >= 4 is 19.4 Å². The molecule has 2 aliphatic heterocycles. The van der Waals surface area contributed by atoms with Gasteiger partial charge in [-0.05, 0) is 47.6 Å². The molecule has 0 saturated carbocycles. The summed E-state index contributed by atoms with van der Waals surface area (Å²) in [5.74, 6) is -0.282. The molecule has 0 spiro atoms. The Morgan fingerprint density at radius 3 is 1.30 bits per heavy atom. The second kappa shape index (κ2) is 12.0. The van der Waals surface area contributed by atoms with Gasteiger partial charge in [0.05, 0.1) is 0 Å². The van der Waals surface area contributed by atoms with Gasteiger partial charge in [-0.3, -0.25) is 9.05 Å². The number of hydrogen-bond acceptors (Lipinski definition) is 5. The second-order valence-electron chi connectivity index (χ2n) is 12.4. The van der Waals surface area contributed by atoms with Crippen LogP contribution in [0, 0.1) is 0 Å². The molecule has 6 aromatic rings. The van der Waals surface area contributed by atoms with Gasteiger partial charge in [-0.2, -0.15) is 0 Å². The summed E-state index contributed by atoms with van der Waals surface area (Å²) in [6, 6.07) is 55.2. The molecule has 2 fully saturated rings. The SMILES string of the molecule is CC1(C)O[C@@H]2[C@@H](O1)C(c1ccccc1)(c1ccccc1)OP(Oc1cccc3ccccc13)OC2(c1ccccc1)c1ccccc1. The van der Waals surface area contributed by atoms with Crippen LogP contribution >= 0.6 is 8.60 Å². The number of fused-ring (bicyclic) bond motifs is 2. The highest BCUT2D eigenvalue weighted by Gasteiger charge is 2.67. The minimum absolute atomic E-state index is 0.661. The van der Waals surface area contributed by atoms with Crippen LogP contribution in [-0.4, -0.2) is 18.0 Å². The smallest absolute Gasteiger partial charge is 0.399 e. The molecule has 234 valence electrons. The Balaban J connectivity index is 1.44. The van der Waals surface area contributed by atoms with Crippen LogP contribution in [0.4, 0.5) is 0 Å². The summed E-state index contributed by atoms with van der Waals surface area (Å²) in [5, 5.41) is 2.03. The molecule has 0 bridgehead atoms. The predicted octanol–water partition coefficient (Wildman–Crippen LogP) is 9.90. The van der Waals surface area contributed by atoms with Crippen LogP contribution in [0.15, 0.2) is 164 Å². The minimum atomic E-state index is -2.13. The highest BCUT2D eigenvalue weighted by Crippen LogP contribution is 2.65. The molecule has 2 atom stereocenters. The normalized spacial score (nSPS) is 21.5. The van der Waals surface area contributed by atoms with Gasteiger partial charge < -0.3 is 14.0 Å². The third kappa shape index (κ3) is 5.16. The van der Waals surface area contributed by atoms with E-state index in [2.05, 4.69) is 66.7 Å². The standard InChI is InChI=1S/C41H35O5P/c1-39(2)42-37-38(43-39)41(33-24-11-5-12-25-33,34-26-13-6-14-27-34)46-47(44-36-29-17-19-30-18-15-16-28-35(30)36)45-40(37,31-20-7-3-8-21-31)32-22-9-4-10-23-32/h3-29,37-38H,1-2H3/t37-,38-/m1/s1. The van der Waals surface area contributed by atoms with E-state index in [9.17, 15) is 0 Å². The van der Waals surface area contributed by atoms with E-state index >= 15 is 0 Å². The van der Waals surface area contributed by atoms with Crippen LogP contribution in [0.2, 0.25) is 0 Å². The van der Waals surface area contributed by atoms with E-state index in [1.165, 1.54) is 0 Å². The second-order valence-corrected chi connectivity index (χ2v) is 13.4. The first kappa shape index (κ1) is 30.0. The molecule has 0 radical (unpaired) electrons. The lowest BCUT2D eigenvalue weighted by molar-refractivity contribution is -0.175. The van der Waals surface area contributed by atoms with E-state index in [-0.39, 0.29) is 0 Å². The van der Waals surface area contributed by atoms with Gasteiger partial charge in [-0.25, -0.2) is 0 Å². The van der Waals surface area contributed by atoms with Gasteiger partial charge in [0.15, 0.2) is 17.0 Å². The zero-order valence-electron chi connectivity index (χ0n) is 26.2. The van der Waals surface area contributed by atoms with E-state index in [0.29, 0.717) is 5.75 Å². The number of ether oxygens (including phenoxy) is 2. The first-order valence-corrected chi connectivity index (χ1v) is 17.0. The summed E-state index contributed by atoms with van der Waals surface area (Å²) < 4.78 is 36.0. The number of rotatable bonds is 6. The van der Waals surface area contributed by atoms with Gasteiger partial charge >= 0.3 is 8.60 Å². The maximum atomic E-state index is 7.44. The Kier molecular flexibility index (Phi) is 7.68. The van der Waals surface area contributed by atoms with Crippen molar-refractivity contribution in [2.75, 3.05) is 0 Å². The van der Waals surface area contributed by atoms with Crippen molar-refractivity contribution < 1.29 is 23.0 Å². The fourth-order valence-corrected chi connectivity index (χ4v) is 8.58. The summed E-state index contributed by atoms with van der Waals surface area (Å²) >= 11 is 0.